The number of fused-ring (bicyclic) bond motifs is 1. The molecular formula is C24H30FNO3. The zero-order valence-corrected chi connectivity index (χ0v) is 17.7. The Hall–Kier alpha value is -2.30. The molecule has 5 heteroatoms. The summed E-state index contributed by atoms with van der Waals surface area (Å²) in [5.74, 6) is 0.709. The van der Waals surface area contributed by atoms with Crippen LogP contribution in [0.15, 0.2) is 30.3 Å². The molecule has 1 saturated heterocycles. The normalized spacial score (nSPS) is 27.6. The fourth-order valence-electron chi connectivity index (χ4n) is 4.60. The number of benzene rings is 2. The summed E-state index contributed by atoms with van der Waals surface area (Å²) >= 11 is 0. The molecule has 156 valence electrons. The zero-order valence-electron chi connectivity index (χ0n) is 17.7. The van der Waals surface area contributed by atoms with Crippen molar-refractivity contribution in [3.8, 4) is 5.75 Å². The van der Waals surface area contributed by atoms with Crippen LogP contribution in [0.4, 0.5) is 9.18 Å². The first kappa shape index (κ1) is 20.0. The number of amides is 1. The summed E-state index contributed by atoms with van der Waals surface area (Å²) in [6.07, 6.45) is 3.83. The lowest BCUT2D eigenvalue weighted by Crippen LogP contribution is -2.37. The standard InChI is InChI=1S/C24H30FNO3/c1-23(2,3)16-6-9-18(10-7-16)29-20-12-5-15-13-17(8-11-19(15)21(20)25)24(4)14-28-22(27)26-24/h5,8,11-13,16,18H,6-7,9-10,14H2,1-4H3,(H,26,27)/t16?,18?,24-/m0/s1. The van der Waals surface area contributed by atoms with E-state index in [-0.39, 0.29) is 18.5 Å². The van der Waals surface area contributed by atoms with Crippen molar-refractivity contribution >= 4 is 16.9 Å². The van der Waals surface area contributed by atoms with Gasteiger partial charge in [-0.1, -0.05) is 39.0 Å². The Morgan fingerprint density at radius 2 is 1.86 bits per heavy atom. The van der Waals surface area contributed by atoms with Gasteiger partial charge in [-0.25, -0.2) is 9.18 Å². The second-order valence-corrected chi connectivity index (χ2v) is 9.80. The molecule has 0 radical (unpaired) electrons. The van der Waals surface area contributed by atoms with Crippen molar-refractivity contribution in [1.29, 1.82) is 0 Å². The van der Waals surface area contributed by atoms with Gasteiger partial charge < -0.3 is 14.8 Å². The number of alkyl carbamates (subject to hydrolysis) is 1. The topological polar surface area (TPSA) is 47.6 Å². The number of carbonyl (C=O) groups is 1. The molecule has 1 saturated carbocycles. The highest BCUT2D eigenvalue weighted by Gasteiger charge is 2.37. The van der Waals surface area contributed by atoms with E-state index in [0.29, 0.717) is 22.5 Å². The van der Waals surface area contributed by atoms with Crippen LogP contribution < -0.4 is 10.1 Å². The van der Waals surface area contributed by atoms with Crippen LogP contribution in [0.1, 0.15) is 58.9 Å². The molecule has 0 unspecified atom stereocenters. The van der Waals surface area contributed by atoms with Gasteiger partial charge in [0, 0.05) is 5.39 Å². The molecule has 0 spiro atoms. The molecule has 4 rings (SSSR count). The van der Waals surface area contributed by atoms with Crippen molar-refractivity contribution in [1.82, 2.24) is 5.32 Å². The van der Waals surface area contributed by atoms with Gasteiger partial charge in [0.1, 0.15) is 6.61 Å². The third-order valence-corrected chi connectivity index (χ3v) is 6.62. The Bertz CT molecular complexity index is 928. The summed E-state index contributed by atoms with van der Waals surface area (Å²) in [5, 5.41) is 4.14. The van der Waals surface area contributed by atoms with Crippen LogP contribution in [-0.2, 0) is 10.3 Å². The van der Waals surface area contributed by atoms with E-state index in [0.717, 1.165) is 36.6 Å². The highest BCUT2D eigenvalue weighted by atomic mass is 19.1. The maximum absolute atomic E-state index is 15.1. The number of rotatable bonds is 3. The Kier molecular flexibility index (Phi) is 4.96. The van der Waals surface area contributed by atoms with Crippen LogP contribution in [0, 0.1) is 17.2 Å². The van der Waals surface area contributed by atoms with E-state index >= 15 is 4.39 Å². The number of ether oxygens (including phenoxy) is 2. The van der Waals surface area contributed by atoms with Crippen molar-refractivity contribution in [2.45, 2.75) is 65.0 Å². The molecule has 2 aromatic carbocycles. The van der Waals surface area contributed by atoms with Crippen LogP contribution in [0.5, 0.6) is 5.75 Å². The Balaban J connectivity index is 1.51. The second-order valence-electron chi connectivity index (χ2n) is 9.80. The molecular weight excluding hydrogens is 369 g/mol. The molecule has 1 heterocycles. The minimum atomic E-state index is -0.595. The number of hydrogen-bond acceptors (Lipinski definition) is 3. The fraction of sp³-hybridized carbons (Fsp3) is 0.542. The van der Waals surface area contributed by atoms with Gasteiger partial charge in [0.15, 0.2) is 11.6 Å². The van der Waals surface area contributed by atoms with Crippen molar-refractivity contribution in [3.05, 3.63) is 41.7 Å². The fourth-order valence-corrected chi connectivity index (χ4v) is 4.60. The van der Waals surface area contributed by atoms with E-state index in [4.69, 9.17) is 9.47 Å². The lowest BCUT2D eigenvalue weighted by atomic mass is 9.72. The molecule has 2 fully saturated rings. The van der Waals surface area contributed by atoms with Gasteiger partial charge in [-0.3, -0.25) is 0 Å². The number of hydrogen-bond donors (Lipinski definition) is 1. The predicted octanol–water partition coefficient (Wildman–Crippen LogP) is 5.92. The summed E-state index contributed by atoms with van der Waals surface area (Å²) in [6.45, 7) is 9.04. The molecule has 1 amide bonds. The Morgan fingerprint density at radius 1 is 1.14 bits per heavy atom. The van der Waals surface area contributed by atoms with E-state index in [1.807, 2.05) is 25.1 Å². The predicted molar refractivity (Wildman–Crippen MR) is 112 cm³/mol. The molecule has 29 heavy (non-hydrogen) atoms. The Morgan fingerprint density at radius 3 is 2.48 bits per heavy atom. The van der Waals surface area contributed by atoms with Crippen LogP contribution in [-0.4, -0.2) is 18.8 Å². The summed E-state index contributed by atoms with van der Waals surface area (Å²) in [6, 6.07) is 9.13. The molecule has 2 aromatic rings. The molecule has 1 atom stereocenters. The smallest absolute Gasteiger partial charge is 0.408 e. The first-order valence-corrected chi connectivity index (χ1v) is 10.5. The molecule has 0 bridgehead atoms. The second kappa shape index (κ2) is 7.19. The van der Waals surface area contributed by atoms with E-state index in [9.17, 15) is 4.79 Å². The minimum Gasteiger partial charge on any atom is -0.487 e. The number of carbonyl (C=O) groups excluding carboxylic acids is 1. The molecule has 1 aliphatic heterocycles. The first-order valence-electron chi connectivity index (χ1n) is 10.5. The minimum absolute atomic E-state index is 0.0737. The van der Waals surface area contributed by atoms with E-state index in [1.165, 1.54) is 0 Å². The van der Waals surface area contributed by atoms with Gasteiger partial charge in [0.05, 0.1) is 11.6 Å². The van der Waals surface area contributed by atoms with E-state index < -0.39 is 11.6 Å². The zero-order chi connectivity index (χ0) is 20.8. The lowest BCUT2D eigenvalue weighted by Gasteiger charge is -2.37. The third kappa shape index (κ3) is 3.92. The van der Waals surface area contributed by atoms with Crippen molar-refractivity contribution < 1.29 is 18.7 Å². The largest absolute Gasteiger partial charge is 0.487 e. The van der Waals surface area contributed by atoms with Crippen LogP contribution in [0.2, 0.25) is 0 Å². The number of cyclic esters (lactones) is 1. The lowest BCUT2D eigenvalue weighted by molar-refractivity contribution is 0.0856. The summed E-state index contributed by atoms with van der Waals surface area (Å²) in [5.41, 5.74) is 0.615. The van der Waals surface area contributed by atoms with Gasteiger partial charge in [0.25, 0.3) is 0 Å². The number of nitrogens with one attached hydrogen (secondary N) is 1. The highest BCUT2D eigenvalue weighted by molar-refractivity contribution is 5.86. The van der Waals surface area contributed by atoms with Crippen LogP contribution in [0.25, 0.3) is 10.8 Å². The SMILES string of the molecule is CC(C)(C)C1CCC(Oc2ccc3cc([C@]4(C)COC(=O)N4)ccc3c2F)CC1. The van der Waals surface area contributed by atoms with Crippen molar-refractivity contribution in [2.24, 2.45) is 11.3 Å². The van der Waals surface area contributed by atoms with Crippen LogP contribution in [0.3, 0.4) is 0 Å². The van der Waals surface area contributed by atoms with Gasteiger partial charge in [-0.15, -0.1) is 0 Å². The quantitative estimate of drug-likeness (QED) is 0.697. The van der Waals surface area contributed by atoms with Crippen LogP contribution >= 0.6 is 0 Å². The molecule has 1 N–H and O–H groups in total. The molecule has 0 aromatic heterocycles. The maximum atomic E-state index is 15.1. The average Bonchev–Trinajstić information content (AvgIpc) is 3.03. The monoisotopic (exact) mass is 399 g/mol. The first-order chi connectivity index (χ1) is 13.7. The summed E-state index contributed by atoms with van der Waals surface area (Å²) in [7, 11) is 0. The van der Waals surface area contributed by atoms with Gasteiger partial charge in [-0.05, 0) is 67.0 Å². The summed E-state index contributed by atoms with van der Waals surface area (Å²) in [4.78, 5) is 11.4. The van der Waals surface area contributed by atoms with Crippen molar-refractivity contribution in [3.63, 3.8) is 0 Å². The molecule has 1 aliphatic carbocycles. The third-order valence-electron chi connectivity index (χ3n) is 6.62. The molecule has 2 aliphatic rings. The molecule has 4 nitrogen and oxygen atoms in total. The van der Waals surface area contributed by atoms with Gasteiger partial charge in [0.2, 0.25) is 0 Å². The van der Waals surface area contributed by atoms with Gasteiger partial charge >= 0.3 is 6.09 Å². The van der Waals surface area contributed by atoms with Crippen molar-refractivity contribution in [2.75, 3.05) is 6.61 Å². The van der Waals surface area contributed by atoms with E-state index in [1.54, 1.807) is 12.1 Å². The number of halogens is 1. The summed E-state index contributed by atoms with van der Waals surface area (Å²) < 4.78 is 26.3. The highest BCUT2D eigenvalue weighted by Crippen LogP contribution is 2.39. The van der Waals surface area contributed by atoms with Gasteiger partial charge in [-0.2, -0.15) is 0 Å². The Labute approximate surface area is 171 Å². The average molecular weight is 400 g/mol. The maximum Gasteiger partial charge on any atom is 0.408 e. The van der Waals surface area contributed by atoms with E-state index in [2.05, 4.69) is 26.1 Å².